The highest BCUT2D eigenvalue weighted by Gasteiger charge is 2.35. The van der Waals surface area contributed by atoms with Crippen molar-refractivity contribution in [2.24, 2.45) is 5.41 Å². The van der Waals surface area contributed by atoms with Crippen molar-refractivity contribution in [2.45, 2.75) is 52.9 Å². The van der Waals surface area contributed by atoms with Crippen molar-refractivity contribution in [1.82, 2.24) is 0 Å². The number of esters is 1. The minimum atomic E-state index is -0.345. The van der Waals surface area contributed by atoms with Crippen LogP contribution < -0.4 is 0 Å². The first-order chi connectivity index (χ1) is 13.2. The van der Waals surface area contributed by atoms with Crippen LogP contribution in [0.15, 0.2) is 0 Å². The first-order valence-corrected chi connectivity index (χ1v) is 10.3. The van der Waals surface area contributed by atoms with Gasteiger partial charge in [-0.3, -0.25) is 4.79 Å². The van der Waals surface area contributed by atoms with Gasteiger partial charge in [0.25, 0.3) is 0 Å². The topological polar surface area (TPSA) is 83.5 Å². The van der Waals surface area contributed by atoms with Crippen LogP contribution in [0.25, 0.3) is 0 Å². The van der Waals surface area contributed by atoms with Crippen molar-refractivity contribution in [1.29, 1.82) is 0 Å². The molecular formula is C20H40O7. The van der Waals surface area contributed by atoms with Gasteiger partial charge in [0.05, 0.1) is 64.9 Å². The predicted molar refractivity (Wildman–Crippen MR) is 104 cm³/mol. The lowest BCUT2D eigenvalue weighted by atomic mass is 9.78. The molecule has 0 aromatic heterocycles. The van der Waals surface area contributed by atoms with Crippen molar-refractivity contribution in [3.8, 4) is 0 Å². The number of aliphatic hydroxyl groups is 1. The third-order valence-electron chi connectivity index (χ3n) is 4.61. The van der Waals surface area contributed by atoms with Crippen molar-refractivity contribution in [3.05, 3.63) is 0 Å². The minimum absolute atomic E-state index is 0.0270. The standard InChI is InChI=1S/C20H40O7/c1-4-7-8-20(5-2,6-3)19(22)27-18-17-26-16-15-25-14-13-24-12-11-23-10-9-21/h21H,4-18H2,1-3H3. The Bertz CT molecular complexity index is 332. The third-order valence-corrected chi connectivity index (χ3v) is 4.61. The molecule has 0 spiro atoms. The first-order valence-electron chi connectivity index (χ1n) is 10.3. The maximum atomic E-state index is 12.4. The summed E-state index contributed by atoms with van der Waals surface area (Å²) in [6.07, 6.45) is 4.64. The molecule has 0 saturated carbocycles. The number of rotatable bonds is 20. The summed E-state index contributed by atoms with van der Waals surface area (Å²) < 4.78 is 26.6. The molecule has 7 heteroatoms. The number of unbranched alkanes of at least 4 members (excludes halogenated alkanes) is 1. The number of carbonyl (C=O) groups excluding carboxylic acids is 1. The SMILES string of the molecule is CCCCC(CC)(CC)C(=O)OCCOCCOCCOCCOCCO. The van der Waals surface area contributed by atoms with Crippen LogP contribution in [0.1, 0.15) is 52.9 Å². The van der Waals surface area contributed by atoms with Gasteiger partial charge >= 0.3 is 5.97 Å². The van der Waals surface area contributed by atoms with E-state index in [4.69, 9.17) is 28.8 Å². The minimum Gasteiger partial charge on any atom is -0.463 e. The van der Waals surface area contributed by atoms with Gasteiger partial charge in [-0.25, -0.2) is 0 Å². The van der Waals surface area contributed by atoms with Crippen LogP contribution in [-0.2, 0) is 28.5 Å². The van der Waals surface area contributed by atoms with E-state index < -0.39 is 0 Å². The van der Waals surface area contributed by atoms with E-state index in [1.54, 1.807) is 0 Å². The Morgan fingerprint density at radius 2 is 1.19 bits per heavy atom. The van der Waals surface area contributed by atoms with Crippen LogP contribution in [0.4, 0.5) is 0 Å². The van der Waals surface area contributed by atoms with E-state index in [-0.39, 0.29) is 24.6 Å². The number of ether oxygens (including phenoxy) is 5. The van der Waals surface area contributed by atoms with Gasteiger partial charge in [0, 0.05) is 0 Å². The lowest BCUT2D eigenvalue weighted by Gasteiger charge is -2.29. The molecule has 0 aliphatic rings. The molecule has 162 valence electrons. The molecule has 27 heavy (non-hydrogen) atoms. The zero-order chi connectivity index (χ0) is 20.2. The van der Waals surface area contributed by atoms with Gasteiger partial charge in [-0.2, -0.15) is 0 Å². The van der Waals surface area contributed by atoms with E-state index in [0.29, 0.717) is 52.9 Å². The molecular weight excluding hydrogens is 352 g/mol. The smallest absolute Gasteiger partial charge is 0.312 e. The summed E-state index contributed by atoms with van der Waals surface area (Å²) in [6, 6.07) is 0. The molecule has 7 nitrogen and oxygen atoms in total. The molecule has 0 radical (unpaired) electrons. The molecule has 0 unspecified atom stereocenters. The van der Waals surface area contributed by atoms with Crippen molar-refractivity contribution >= 4 is 5.97 Å². The number of aliphatic hydroxyl groups excluding tert-OH is 1. The van der Waals surface area contributed by atoms with Crippen molar-refractivity contribution in [3.63, 3.8) is 0 Å². The normalized spacial score (nSPS) is 11.7. The summed E-state index contributed by atoms with van der Waals surface area (Å²) in [5.41, 5.74) is -0.345. The molecule has 0 atom stereocenters. The highest BCUT2D eigenvalue weighted by Crippen LogP contribution is 2.34. The van der Waals surface area contributed by atoms with E-state index in [2.05, 4.69) is 20.8 Å². The van der Waals surface area contributed by atoms with Gasteiger partial charge in [-0.15, -0.1) is 0 Å². The second-order valence-corrected chi connectivity index (χ2v) is 6.40. The summed E-state index contributed by atoms with van der Waals surface area (Å²) in [5.74, 6) is -0.0964. The lowest BCUT2D eigenvalue weighted by molar-refractivity contribution is -0.159. The van der Waals surface area contributed by atoms with Crippen molar-refractivity contribution < 1.29 is 33.6 Å². The fourth-order valence-corrected chi connectivity index (χ4v) is 2.68. The van der Waals surface area contributed by atoms with E-state index >= 15 is 0 Å². The van der Waals surface area contributed by atoms with Gasteiger partial charge in [-0.1, -0.05) is 33.6 Å². The van der Waals surface area contributed by atoms with Crippen LogP contribution >= 0.6 is 0 Å². The fourth-order valence-electron chi connectivity index (χ4n) is 2.68. The molecule has 0 aliphatic heterocycles. The quantitative estimate of drug-likeness (QED) is 0.252. The maximum absolute atomic E-state index is 12.4. The molecule has 0 aromatic carbocycles. The number of hydrogen-bond acceptors (Lipinski definition) is 7. The van der Waals surface area contributed by atoms with E-state index in [0.717, 1.165) is 32.1 Å². The summed E-state index contributed by atoms with van der Waals surface area (Å²) in [7, 11) is 0. The highest BCUT2D eigenvalue weighted by molar-refractivity contribution is 5.76. The zero-order valence-electron chi connectivity index (χ0n) is 17.5. The second-order valence-electron chi connectivity index (χ2n) is 6.40. The monoisotopic (exact) mass is 392 g/mol. The molecule has 1 N–H and O–H groups in total. The molecule has 0 heterocycles. The number of carbonyl (C=O) groups is 1. The van der Waals surface area contributed by atoms with Crippen LogP contribution in [0, 0.1) is 5.41 Å². The number of hydrogen-bond donors (Lipinski definition) is 1. The van der Waals surface area contributed by atoms with E-state index in [9.17, 15) is 4.79 Å². The zero-order valence-corrected chi connectivity index (χ0v) is 17.5. The Balaban J connectivity index is 3.56. The summed E-state index contributed by atoms with van der Waals surface area (Å²) in [4.78, 5) is 12.4. The highest BCUT2D eigenvalue weighted by atomic mass is 16.6. The average Bonchev–Trinajstić information content (AvgIpc) is 2.69. The van der Waals surface area contributed by atoms with Crippen LogP contribution in [-0.4, -0.2) is 77.1 Å². The molecule has 0 saturated heterocycles. The summed E-state index contributed by atoms with van der Waals surface area (Å²) in [5, 5.41) is 8.54. The van der Waals surface area contributed by atoms with Gasteiger partial charge in [0.1, 0.15) is 6.61 Å². The Morgan fingerprint density at radius 3 is 1.59 bits per heavy atom. The van der Waals surface area contributed by atoms with E-state index in [1.807, 2.05) is 0 Å². The average molecular weight is 393 g/mol. The first kappa shape index (κ1) is 26.3. The molecule has 0 aliphatic carbocycles. The van der Waals surface area contributed by atoms with Crippen LogP contribution in [0.5, 0.6) is 0 Å². The van der Waals surface area contributed by atoms with Gasteiger partial charge < -0.3 is 28.8 Å². The van der Waals surface area contributed by atoms with Gasteiger partial charge in [0.2, 0.25) is 0 Å². The molecule has 0 fully saturated rings. The second kappa shape index (κ2) is 18.6. The predicted octanol–water partition coefficient (Wildman–Crippen LogP) is 2.58. The summed E-state index contributed by atoms with van der Waals surface area (Å²) in [6.45, 7) is 10.1. The Labute approximate surface area is 164 Å². The molecule has 0 bridgehead atoms. The maximum Gasteiger partial charge on any atom is 0.312 e. The van der Waals surface area contributed by atoms with Gasteiger partial charge in [-0.05, 0) is 19.3 Å². The Morgan fingerprint density at radius 1 is 0.741 bits per heavy atom. The summed E-state index contributed by atoms with van der Waals surface area (Å²) >= 11 is 0. The van der Waals surface area contributed by atoms with Crippen molar-refractivity contribution in [2.75, 3.05) is 66.1 Å². The molecule has 0 amide bonds. The Kier molecular flexibility index (Phi) is 18.1. The van der Waals surface area contributed by atoms with E-state index in [1.165, 1.54) is 0 Å². The van der Waals surface area contributed by atoms with Gasteiger partial charge in [0.15, 0.2) is 0 Å². The molecule has 0 rings (SSSR count). The largest absolute Gasteiger partial charge is 0.463 e. The lowest BCUT2D eigenvalue weighted by Crippen LogP contribution is -2.32. The van der Waals surface area contributed by atoms with Crippen LogP contribution in [0.3, 0.4) is 0 Å². The third kappa shape index (κ3) is 13.1. The molecule has 0 aromatic rings. The Hall–Kier alpha value is -0.730. The fraction of sp³-hybridized carbons (Fsp3) is 0.950. The van der Waals surface area contributed by atoms with Crippen LogP contribution in [0.2, 0.25) is 0 Å².